The number of nitrogens with one attached hydrogen (secondary N) is 1. The Kier molecular flexibility index (Phi) is 4.94. The molecule has 4 rings (SSSR count). The lowest BCUT2D eigenvalue weighted by atomic mass is 10.0. The molecule has 0 bridgehead atoms. The number of benzene rings is 2. The highest BCUT2D eigenvalue weighted by molar-refractivity contribution is 7.98. The van der Waals surface area contributed by atoms with Crippen LogP contribution in [0.3, 0.4) is 0 Å². The number of aromatic nitrogens is 1. The normalized spacial score (nSPS) is 12.0. The van der Waals surface area contributed by atoms with E-state index in [4.69, 9.17) is 4.42 Å². The number of furan rings is 1. The third kappa shape index (κ3) is 3.59. The number of para-hydroxylation sites is 1. The maximum Gasteiger partial charge on any atom is 0.254 e. The fraction of sp³-hybridized carbons (Fsp3) is 0.0909. The lowest BCUT2D eigenvalue weighted by molar-refractivity contribution is 0.0935. The van der Waals surface area contributed by atoms with Crippen molar-refractivity contribution in [1.29, 1.82) is 0 Å². The van der Waals surface area contributed by atoms with E-state index in [2.05, 4.69) is 10.3 Å². The number of carbonyl (C=O) groups excluding carboxylic acids is 1. The first-order chi connectivity index (χ1) is 13.3. The van der Waals surface area contributed by atoms with Gasteiger partial charge in [0.25, 0.3) is 5.91 Å². The van der Waals surface area contributed by atoms with Gasteiger partial charge < -0.3 is 9.73 Å². The van der Waals surface area contributed by atoms with Crippen LogP contribution in [0.1, 0.15) is 27.7 Å². The predicted molar refractivity (Wildman–Crippen MR) is 108 cm³/mol. The van der Waals surface area contributed by atoms with Crippen LogP contribution < -0.4 is 5.32 Å². The highest BCUT2D eigenvalue weighted by Gasteiger charge is 2.23. The second-order valence-corrected chi connectivity index (χ2v) is 6.86. The first-order valence-corrected chi connectivity index (χ1v) is 9.82. The summed E-state index contributed by atoms with van der Waals surface area (Å²) in [4.78, 5) is 17.3. The van der Waals surface area contributed by atoms with Crippen LogP contribution >= 0.6 is 11.8 Å². The summed E-state index contributed by atoms with van der Waals surface area (Å²) in [5, 5.41) is 4.82. The molecule has 1 amide bonds. The van der Waals surface area contributed by atoms with Gasteiger partial charge in [-0.2, -0.15) is 0 Å². The van der Waals surface area contributed by atoms with E-state index in [1.807, 2.05) is 66.9 Å². The van der Waals surface area contributed by atoms with E-state index in [1.54, 1.807) is 18.3 Å². The van der Waals surface area contributed by atoms with Crippen LogP contribution in [0.4, 0.5) is 0 Å². The van der Waals surface area contributed by atoms with Gasteiger partial charge in [0.05, 0.1) is 5.56 Å². The largest absolute Gasteiger partial charge is 0.459 e. The van der Waals surface area contributed by atoms with Crippen LogP contribution in [0.2, 0.25) is 0 Å². The van der Waals surface area contributed by atoms with Gasteiger partial charge in [-0.15, -0.1) is 11.8 Å². The van der Waals surface area contributed by atoms with E-state index in [9.17, 15) is 4.79 Å². The number of thioether (sulfide) groups is 1. The van der Waals surface area contributed by atoms with E-state index in [1.165, 1.54) is 11.8 Å². The van der Waals surface area contributed by atoms with Crippen molar-refractivity contribution in [3.63, 3.8) is 0 Å². The molecule has 0 radical (unpaired) electrons. The predicted octanol–water partition coefficient (Wildman–Crippen LogP) is 5.07. The molecule has 0 spiro atoms. The molecule has 0 saturated heterocycles. The van der Waals surface area contributed by atoms with Crippen molar-refractivity contribution in [3.05, 3.63) is 95.9 Å². The van der Waals surface area contributed by atoms with Gasteiger partial charge in [0.2, 0.25) is 0 Å². The molecule has 4 aromatic rings. The Morgan fingerprint density at radius 2 is 1.81 bits per heavy atom. The zero-order valence-corrected chi connectivity index (χ0v) is 15.6. The Bertz CT molecular complexity index is 1040. The molecule has 1 atom stereocenters. The zero-order chi connectivity index (χ0) is 18.6. The van der Waals surface area contributed by atoms with E-state index >= 15 is 0 Å². The molecule has 0 aliphatic heterocycles. The van der Waals surface area contributed by atoms with Gasteiger partial charge in [0, 0.05) is 11.6 Å². The van der Waals surface area contributed by atoms with Gasteiger partial charge in [-0.1, -0.05) is 48.5 Å². The molecule has 1 N–H and O–H groups in total. The average Bonchev–Trinajstić information content (AvgIpc) is 3.16. The maximum atomic E-state index is 13.0. The van der Waals surface area contributed by atoms with Crippen molar-refractivity contribution >= 4 is 28.6 Å². The Morgan fingerprint density at radius 1 is 1.04 bits per heavy atom. The molecule has 4 nitrogen and oxygen atoms in total. The smallest absolute Gasteiger partial charge is 0.254 e. The summed E-state index contributed by atoms with van der Waals surface area (Å²) in [6.07, 6.45) is 3.60. The summed E-state index contributed by atoms with van der Waals surface area (Å²) >= 11 is 1.45. The number of pyridine rings is 1. The second kappa shape index (κ2) is 7.68. The molecule has 134 valence electrons. The molecule has 1 unspecified atom stereocenters. The molecule has 0 fully saturated rings. The highest BCUT2D eigenvalue weighted by atomic mass is 32.2. The molecule has 0 aliphatic carbocycles. The standard InChI is InChI=1S/C22H18N2O2S/c1-27-22-17(11-7-13-23-22)21(25)24-20(15-8-3-2-4-9-15)19-14-16-10-5-6-12-18(16)26-19/h2-14,20H,1H3,(H,24,25). The van der Waals surface area contributed by atoms with Crippen LogP contribution in [0.5, 0.6) is 0 Å². The second-order valence-electron chi connectivity index (χ2n) is 6.06. The molecular formula is C22H18N2O2S. The summed E-state index contributed by atoms with van der Waals surface area (Å²) in [5.41, 5.74) is 2.32. The van der Waals surface area contributed by atoms with E-state index in [0.717, 1.165) is 16.5 Å². The topological polar surface area (TPSA) is 55.1 Å². The van der Waals surface area contributed by atoms with Crippen molar-refractivity contribution < 1.29 is 9.21 Å². The third-order valence-corrected chi connectivity index (χ3v) is 5.06. The lowest BCUT2D eigenvalue weighted by Gasteiger charge is -2.18. The molecule has 0 aliphatic rings. The summed E-state index contributed by atoms with van der Waals surface area (Å²) in [6.45, 7) is 0. The van der Waals surface area contributed by atoms with Crippen molar-refractivity contribution in [2.45, 2.75) is 11.1 Å². The van der Waals surface area contributed by atoms with Gasteiger partial charge in [-0.05, 0) is 36.1 Å². The van der Waals surface area contributed by atoms with Crippen LogP contribution in [0, 0.1) is 0 Å². The van der Waals surface area contributed by atoms with Gasteiger partial charge in [-0.25, -0.2) is 4.98 Å². The minimum atomic E-state index is -0.388. The van der Waals surface area contributed by atoms with Crippen LogP contribution in [-0.2, 0) is 0 Å². The Hall–Kier alpha value is -3.05. The first-order valence-electron chi connectivity index (χ1n) is 8.59. The van der Waals surface area contributed by atoms with E-state index < -0.39 is 0 Å². The van der Waals surface area contributed by atoms with Crippen molar-refractivity contribution in [3.8, 4) is 0 Å². The Labute approximate surface area is 161 Å². The number of hydrogen-bond acceptors (Lipinski definition) is 4. The summed E-state index contributed by atoms with van der Waals surface area (Å²) in [5.74, 6) is 0.520. The van der Waals surface area contributed by atoms with Crippen LogP contribution in [0.15, 0.2) is 88.4 Å². The monoisotopic (exact) mass is 374 g/mol. The number of rotatable bonds is 5. The summed E-state index contributed by atoms with van der Waals surface area (Å²) < 4.78 is 6.04. The lowest BCUT2D eigenvalue weighted by Crippen LogP contribution is -2.29. The highest BCUT2D eigenvalue weighted by Crippen LogP contribution is 2.29. The minimum Gasteiger partial charge on any atom is -0.459 e. The Balaban J connectivity index is 1.73. The fourth-order valence-corrected chi connectivity index (χ4v) is 3.59. The van der Waals surface area contributed by atoms with Crippen molar-refractivity contribution in [2.24, 2.45) is 0 Å². The molecule has 27 heavy (non-hydrogen) atoms. The number of carbonyl (C=O) groups is 1. The average molecular weight is 374 g/mol. The quantitative estimate of drug-likeness (QED) is 0.496. The molecule has 2 aromatic carbocycles. The summed E-state index contributed by atoms with van der Waals surface area (Å²) in [6, 6.07) is 22.8. The SMILES string of the molecule is CSc1ncccc1C(=O)NC(c1ccccc1)c1cc2ccccc2o1. The van der Waals surface area contributed by atoms with Gasteiger partial charge in [0.1, 0.15) is 22.4 Å². The summed E-state index contributed by atoms with van der Waals surface area (Å²) in [7, 11) is 0. The van der Waals surface area contributed by atoms with Gasteiger partial charge >= 0.3 is 0 Å². The molecule has 2 heterocycles. The number of nitrogens with zero attached hydrogens (tertiary/aromatic N) is 1. The van der Waals surface area contributed by atoms with Crippen molar-refractivity contribution in [1.82, 2.24) is 10.3 Å². The van der Waals surface area contributed by atoms with Crippen LogP contribution in [-0.4, -0.2) is 17.1 Å². The fourth-order valence-electron chi connectivity index (χ4n) is 3.04. The number of hydrogen-bond donors (Lipinski definition) is 1. The minimum absolute atomic E-state index is 0.179. The molecule has 2 aromatic heterocycles. The first kappa shape index (κ1) is 17.4. The van der Waals surface area contributed by atoms with E-state index in [0.29, 0.717) is 16.3 Å². The van der Waals surface area contributed by atoms with E-state index in [-0.39, 0.29) is 11.9 Å². The number of amides is 1. The van der Waals surface area contributed by atoms with Crippen LogP contribution in [0.25, 0.3) is 11.0 Å². The van der Waals surface area contributed by atoms with Gasteiger partial charge in [0.15, 0.2) is 0 Å². The molecular weight excluding hydrogens is 356 g/mol. The van der Waals surface area contributed by atoms with Crippen molar-refractivity contribution in [2.75, 3.05) is 6.26 Å². The Morgan fingerprint density at radius 3 is 2.59 bits per heavy atom. The van der Waals surface area contributed by atoms with Gasteiger partial charge in [-0.3, -0.25) is 4.79 Å². The third-order valence-electron chi connectivity index (χ3n) is 4.35. The molecule has 5 heteroatoms. The molecule has 0 saturated carbocycles. The number of fused-ring (bicyclic) bond motifs is 1. The maximum absolute atomic E-state index is 13.0. The zero-order valence-electron chi connectivity index (χ0n) is 14.8.